The number of aryl methyl sites for hydroxylation is 1. The summed E-state index contributed by atoms with van der Waals surface area (Å²) in [5, 5.41) is 3.73. The monoisotopic (exact) mass is 394 g/mol. The smallest absolute Gasteiger partial charge is 0.290 e. The lowest BCUT2D eigenvalue weighted by Crippen LogP contribution is -2.38. The maximum absolute atomic E-state index is 13.3. The number of nitrogens with one attached hydrogen (secondary N) is 1. The van der Waals surface area contributed by atoms with Gasteiger partial charge in [0.1, 0.15) is 12.1 Å². The van der Waals surface area contributed by atoms with Gasteiger partial charge in [0.05, 0.1) is 6.61 Å². The van der Waals surface area contributed by atoms with Gasteiger partial charge in [-0.25, -0.2) is 0 Å². The van der Waals surface area contributed by atoms with Crippen LogP contribution in [0.5, 0.6) is 0 Å². The van der Waals surface area contributed by atoms with E-state index in [4.69, 9.17) is 9.15 Å². The van der Waals surface area contributed by atoms with Gasteiger partial charge in [0.15, 0.2) is 5.76 Å². The molecule has 0 aliphatic carbocycles. The maximum Gasteiger partial charge on any atom is 0.290 e. The highest BCUT2D eigenvalue weighted by atomic mass is 16.5. The van der Waals surface area contributed by atoms with E-state index in [0.29, 0.717) is 17.7 Å². The first-order chi connectivity index (χ1) is 14.0. The van der Waals surface area contributed by atoms with Crippen LogP contribution in [0.2, 0.25) is 0 Å². The highest BCUT2D eigenvalue weighted by molar-refractivity contribution is 6.02. The fourth-order valence-corrected chi connectivity index (χ4v) is 3.30. The van der Waals surface area contributed by atoms with E-state index in [1.807, 2.05) is 62.4 Å². The molecule has 152 valence electrons. The largest absolute Gasteiger partial charge is 0.451 e. The molecule has 0 aliphatic rings. The first kappa shape index (κ1) is 20.6. The molecule has 0 unspecified atom stereocenters. The predicted molar refractivity (Wildman–Crippen MR) is 113 cm³/mol. The molecule has 0 spiro atoms. The minimum Gasteiger partial charge on any atom is -0.451 e. The average Bonchev–Trinajstić information content (AvgIpc) is 3.08. The van der Waals surface area contributed by atoms with Crippen molar-refractivity contribution in [3.63, 3.8) is 0 Å². The van der Waals surface area contributed by atoms with Crippen molar-refractivity contribution in [3.8, 4) is 0 Å². The van der Waals surface area contributed by atoms with Crippen molar-refractivity contribution in [2.24, 2.45) is 0 Å². The van der Waals surface area contributed by atoms with Crippen molar-refractivity contribution in [2.45, 2.75) is 26.9 Å². The summed E-state index contributed by atoms with van der Waals surface area (Å²) >= 11 is 0. The Morgan fingerprint density at radius 3 is 2.55 bits per heavy atom. The van der Waals surface area contributed by atoms with Gasteiger partial charge in [-0.15, -0.1) is 0 Å². The molecular formula is C23H26N2O4. The lowest BCUT2D eigenvalue weighted by molar-refractivity contribution is -0.116. The second-order valence-electron chi connectivity index (χ2n) is 6.93. The molecule has 0 radical (unpaired) electrons. The zero-order valence-electron chi connectivity index (χ0n) is 17.0. The summed E-state index contributed by atoms with van der Waals surface area (Å²) in [6.45, 7) is 4.55. The first-order valence-electron chi connectivity index (χ1n) is 9.69. The van der Waals surface area contributed by atoms with E-state index in [2.05, 4.69) is 5.32 Å². The van der Waals surface area contributed by atoms with Crippen LogP contribution in [0.3, 0.4) is 0 Å². The lowest BCUT2D eigenvalue weighted by Gasteiger charge is -2.21. The van der Waals surface area contributed by atoms with E-state index in [1.165, 1.54) is 4.90 Å². The topological polar surface area (TPSA) is 71.8 Å². The van der Waals surface area contributed by atoms with Crippen molar-refractivity contribution in [2.75, 3.05) is 25.5 Å². The Labute approximate surface area is 170 Å². The maximum atomic E-state index is 13.3. The van der Waals surface area contributed by atoms with E-state index in [-0.39, 0.29) is 30.7 Å². The molecule has 3 rings (SSSR count). The van der Waals surface area contributed by atoms with Gasteiger partial charge in [-0.2, -0.15) is 0 Å². The molecule has 2 aromatic carbocycles. The predicted octanol–water partition coefficient (Wildman–Crippen LogP) is 4.38. The molecule has 0 bridgehead atoms. The van der Waals surface area contributed by atoms with E-state index < -0.39 is 0 Å². The highest BCUT2D eigenvalue weighted by Crippen LogP contribution is 2.27. The SMILES string of the molecule is CCCN(CC(=O)Nc1ccccc1C)C(=O)c1oc2ccccc2c1COC. The van der Waals surface area contributed by atoms with Crippen LogP contribution < -0.4 is 5.32 Å². The van der Waals surface area contributed by atoms with Crippen LogP contribution in [-0.2, 0) is 16.1 Å². The fourth-order valence-electron chi connectivity index (χ4n) is 3.30. The Hall–Kier alpha value is -3.12. The van der Waals surface area contributed by atoms with Crippen LogP contribution in [0, 0.1) is 6.92 Å². The Morgan fingerprint density at radius 2 is 1.83 bits per heavy atom. The Bertz CT molecular complexity index is 1010. The van der Waals surface area contributed by atoms with Gasteiger partial charge >= 0.3 is 0 Å². The van der Waals surface area contributed by atoms with Crippen molar-refractivity contribution < 1.29 is 18.7 Å². The number of ether oxygens (including phenoxy) is 1. The quantitative estimate of drug-likeness (QED) is 0.615. The number of furan rings is 1. The molecule has 6 nitrogen and oxygen atoms in total. The zero-order chi connectivity index (χ0) is 20.8. The summed E-state index contributed by atoms with van der Waals surface area (Å²) in [4.78, 5) is 27.4. The third-order valence-corrected chi connectivity index (χ3v) is 4.72. The van der Waals surface area contributed by atoms with Gasteiger partial charge in [0, 0.05) is 30.3 Å². The Kier molecular flexibility index (Phi) is 6.67. The van der Waals surface area contributed by atoms with E-state index in [9.17, 15) is 9.59 Å². The standard InChI is InChI=1S/C23H26N2O4/c1-4-13-25(14-21(26)24-19-11-7-5-9-16(19)2)23(27)22-18(15-28-3)17-10-6-8-12-20(17)29-22/h5-12H,4,13-15H2,1-3H3,(H,24,26). The molecule has 2 amide bonds. The Morgan fingerprint density at radius 1 is 1.10 bits per heavy atom. The number of carbonyl (C=O) groups excluding carboxylic acids is 2. The second-order valence-corrected chi connectivity index (χ2v) is 6.93. The summed E-state index contributed by atoms with van der Waals surface area (Å²) in [6, 6.07) is 15.0. The van der Waals surface area contributed by atoms with Crippen LogP contribution in [0.15, 0.2) is 52.9 Å². The van der Waals surface area contributed by atoms with E-state index >= 15 is 0 Å². The third kappa shape index (κ3) is 4.66. The number of carbonyl (C=O) groups is 2. The van der Waals surface area contributed by atoms with Crippen molar-refractivity contribution in [1.29, 1.82) is 0 Å². The van der Waals surface area contributed by atoms with Gasteiger partial charge in [0.25, 0.3) is 5.91 Å². The Balaban J connectivity index is 1.84. The highest BCUT2D eigenvalue weighted by Gasteiger charge is 2.26. The molecular weight excluding hydrogens is 368 g/mol. The summed E-state index contributed by atoms with van der Waals surface area (Å²) in [6.07, 6.45) is 0.725. The van der Waals surface area contributed by atoms with Crippen LogP contribution in [0.25, 0.3) is 11.0 Å². The summed E-state index contributed by atoms with van der Waals surface area (Å²) in [7, 11) is 1.58. The second kappa shape index (κ2) is 9.39. The number of hydrogen-bond acceptors (Lipinski definition) is 4. The molecule has 3 aromatic rings. The number of fused-ring (bicyclic) bond motifs is 1. The van der Waals surface area contributed by atoms with Crippen molar-refractivity contribution in [1.82, 2.24) is 4.90 Å². The minimum absolute atomic E-state index is 0.0511. The number of rotatable bonds is 8. The third-order valence-electron chi connectivity index (χ3n) is 4.72. The van der Waals surface area contributed by atoms with Gasteiger partial charge in [0.2, 0.25) is 5.91 Å². The number of anilines is 1. The first-order valence-corrected chi connectivity index (χ1v) is 9.69. The number of hydrogen-bond donors (Lipinski definition) is 1. The molecule has 0 aliphatic heterocycles. The summed E-state index contributed by atoms with van der Waals surface area (Å²) < 4.78 is 11.1. The number of benzene rings is 2. The number of methoxy groups -OCH3 is 1. The molecule has 0 saturated heterocycles. The van der Waals surface area contributed by atoms with Gasteiger partial charge < -0.3 is 19.4 Å². The minimum atomic E-state index is -0.310. The number of para-hydroxylation sites is 2. The van der Waals surface area contributed by atoms with Crippen LogP contribution >= 0.6 is 0 Å². The molecule has 1 N–H and O–H groups in total. The van der Waals surface area contributed by atoms with E-state index in [1.54, 1.807) is 7.11 Å². The normalized spacial score (nSPS) is 10.9. The fraction of sp³-hybridized carbons (Fsp3) is 0.304. The molecule has 0 fully saturated rings. The van der Waals surface area contributed by atoms with Crippen LogP contribution in [-0.4, -0.2) is 36.9 Å². The van der Waals surface area contributed by atoms with Gasteiger partial charge in [-0.3, -0.25) is 9.59 Å². The van der Waals surface area contributed by atoms with Gasteiger partial charge in [-0.05, 0) is 31.0 Å². The van der Waals surface area contributed by atoms with E-state index in [0.717, 1.165) is 23.1 Å². The molecule has 0 saturated carbocycles. The number of nitrogens with zero attached hydrogens (tertiary/aromatic N) is 1. The zero-order valence-corrected chi connectivity index (χ0v) is 17.0. The molecule has 1 heterocycles. The lowest BCUT2D eigenvalue weighted by atomic mass is 10.1. The average molecular weight is 394 g/mol. The molecule has 6 heteroatoms. The van der Waals surface area contributed by atoms with Crippen molar-refractivity contribution in [3.05, 3.63) is 65.4 Å². The number of amides is 2. The van der Waals surface area contributed by atoms with Gasteiger partial charge in [-0.1, -0.05) is 43.3 Å². The summed E-state index contributed by atoms with van der Waals surface area (Å²) in [5.41, 5.74) is 3.04. The van der Waals surface area contributed by atoms with Crippen molar-refractivity contribution >= 4 is 28.5 Å². The van der Waals surface area contributed by atoms with Crippen LogP contribution in [0.4, 0.5) is 5.69 Å². The molecule has 29 heavy (non-hydrogen) atoms. The summed E-state index contributed by atoms with van der Waals surface area (Å²) in [5.74, 6) is -0.328. The molecule has 1 aromatic heterocycles. The van der Waals surface area contributed by atoms with Crippen LogP contribution in [0.1, 0.15) is 35.0 Å². The molecule has 0 atom stereocenters.